The predicted octanol–water partition coefficient (Wildman–Crippen LogP) is -0.387. The molecule has 0 aliphatic carbocycles. The van der Waals surface area contributed by atoms with Crippen LogP contribution in [0.4, 0.5) is 0 Å². The number of nitrogens with zero attached hydrogens (tertiary/aromatic N) is 1. The summed E-state index contributed by atoms with van der Waals surface area (Å²) in [7, 11) is 0. The van der Waals surface area contributed by atoms with Crippen molar-refractivity contribution in [2.75, 3.05) is 13.1 Å². The van der Waals surface area contributed by atoms with Crippen molar-refractivity contribution in [1.82, 2.24) is 5.32 Å². The lowest BCUT2D eigenvalue weighted by Crippen LogP contribution is -2.51. The van der Waals surface area contributed by atoms with E-state index in [-0.39, 0.29) is 11.6 Å². The summed E-state index contributed by atoms with van der Waals surface area (Å²) in [5, 5.41) is 14.5. The molecule has 0 radical (unpaired) electrons. The SMILES string of the molecule is [NH3+]CCCNC(=O)/C(=N/O)c1ccccc1. The van der Waals surface area contributed by atoms with E-state index in [0.717, 1.165) is 13.0 Å². The summed E-state index contributed by atoms with van der Waals surface area (Å²) in [6.07, 6.45) is 0.805. The lowest BCUT2D eigenvalue weighted by Gasteiger charge is -2.05. The largest absolute Gasteiger partial charge is 0.410 e. The van der Waals surface area contributed by atoms with Crippen molar-refractivity contribution in [2.24, 2.45) is 5.16 Å². The summed E-state index contributed by atoms with van der Waals surface area (Å²) >= 11 is 0. The van der Waals surface area contributed by atoms with Crippen LogP contribution in [-0.4, -0.2) is 29.9 Å². The Morgan fingerprint density at radius 1 is 1.38 bits per heavy atom. The number of quaternary nitrogens is 1. The molecule has 0 unspecified atom stereocenters. The number of carbonyl (C=O) groups is 1. The van der Waals surface area contributed by atoms with Gasteiger partial charge in [-0.05, 0) is 0 Å². The van der Waals surface area contributed by atoms with Crippen LogP contribution in [0.5, 0.6) is 0 Å². The molecule has 0 saturated carbocycles. The molecule has 86 valence electrons. The minimum Gasteiger partial charge on any atom is -0.410 e. The van der Waals surface area contributed by atoms with Crippen LogP contribution in [0.3, 0.4) is 0 Å². The number of hydrogen-bond donors (Lipinski definition) is 3. The molecule has 5 heteroatoms. The average Bonchev–Trinajstić information content (AvgIpc) is 2.32. The van der Waals surface area contributed by atoms with Gasteiger partial charge in [-0.2, -0.15) is 0 Å². The second-order valence-corrected chi connectivity index (χ2v) is 3.28. The first-order valence-corrected chi connectivity index (χ1v) is 5.14. The quantitative estimate of drug-likeness (QED) is 0.274. The first kappa shape index (κ1) is 12.2. The molecule has 1 rings (SSSR count). The van der Waals surface area contributed by atoms with Crippen molar-refractivity contribution in [3.8, 4) is 0 Å². The maximum absolute atomic E-state index is 11.6. The second-order valence-electron chi connectivity index (χ2n) is 3.28. The third kappa shape index (κ3) is 3.36. The number of nitrogens with one attached hydrogen (secondary N) is 1. The molecule has 0 aliphatic heterocycles. The van der Waals surface area contributed by atoms with Crippen molar-refractivity contribution in [3.05, 3.63) is 35.9 Å². The van der Waals surface area contributed by atoms with Crippen LogP contribution in [-0.2, 0) is 4.79 Å². The van der Waals surface area contributed by atoms with Crippen LogP contribution in [0.2, 0.25) is 0 Å². The smallest absolute Gasteiger partial charge is 0.273 e. The normalized spacial score (nSPS) is 11.2. The third-order valence-electron chi connectivity index (χ3n) is 2.07. The first-order valence-electron chi connectivity index (χ1n) is 5.14. The molecule has 0 fully saturated rings. The molecule has 0 spiro atoms. The highest BCUT2D eigenvalue weighted by Gasteiger charge is 2.13. The number of carbonyl (C=O) groups excluding carboxylic acids is 1. The van der Waals surface area contributed by atoms with Gasteiger partial charge in [0.1, 0.15) is 0 Å². The first-order chi connectivity index (χ1) is 7.79. The Morgan fingerprint density at radius 3 is 2.62 bits per heavy atom. The molecule has 0 bridgehead atoms. The molecule has 5 N–H and O–H groups in total. The van der Waals surface area contributed by atoms with Crippen LogP contribution in [0.1, 0.15) is 12.0 Å². The highest BCUT2D eigenvalue weighted by Crippen LogP contribution is 2.01. The fourth-order valence-electron chi connectivity index (χ4n) is 1.24. The highest BCUT2D eigenvalue weighted by atomic mass is 16.4. The number of oxime groups is 1. The van der Waals surface area contributed by atoms with Gasteiger partial charge in [-0.25, -0.2) is 0 Å². The molecule has 5 nitrogen and oxygen atoms in total. The minimum atomic E-state index is -0.373. The molecular formula is C11H16N3O2+. The molecule has 0 aromatic heterocycles. The molecule has 0 atom stereocenters. The van der Waals surface area contributed by atoms with Crippen molar-refractivity contribution in [1.29, 1.82) is 0 Å². The van der Waals surface area contributed by atoms with E-state index < -0.39 is 0 Å². The summed E-state index contributed by atoms with van der Waals surface area (Å²) in [5.74, 6) is -0.373. The lowest BCUT2D eigenvalue weighted by atomic mass is 10.1. The van der Waals surface area contributed by atoms with E-state index in [1.165, 1.54) is 0 Å². The van der Waals surface area contributed by atoms with Crippen molar-refractivity contribution >= 4 is 11.6 Å². The van der Waals surface area contributed by atoms with Gasteiger partial charge in [0.2, 0.25) is 0 Å². The van der Waals surface area contributed by atoms with Gasteiger partial charge in [0, 0.05) is 18.5 Å². The van der Waals surface area contributed by atoms with Gasteiger partial charge in [-0.3, -0.25) is 4.79 Å². The summed E-state index contributed by atoms with van der Waals surface area (Å²) in [6.45, 7) is 1.30. The number of hydrogen-bond acceptors (Lipinski definition) is 3. The Balaban J connectivity index is 2.66. The standard InChI is InChI=1S/C11H15N3O2/c12-7-4-8-13-11(15)10(14-16)9-5-2-1-3-6-9/h1-3,5-6,16H,4,7-8,12H2,(H,13,15)/p+1/b14-10+. The van der Waals surface area contributed by atoms with Crippen LogP contribution in [0, 0.1) is 0 Å². The van der Waals surface area contributed by atoms with Crippen molar-refractivity contribution in [2.45, 2.75) is 6.42 Å². The van der Waals surface area contributed by atoms with Crippen molar-refractivity contribution in [3.63, 3.8) is 0 Å². The van der Waals surface area contributed by atoms with Gasteiger partial charge in [-0.15, -0.1) is 0 Å². The Kier molecular flexibility index (Phi) is 5.01. The van der Waals surface area contributed by atoms with Gasteiger partial charge in [-0.1, -0.05) is 35.5 Å². The van der Waals surface area contributed by atoms with Gasteiger partial charge < -0.3 is 16.3 Å². The maximum atomic E-state index is 11.6. The highest BCUT2D eigenvalue weighted by molar-refractivity contribution is 6.45. The maximum Gasteiger partial charge on any atom is 0.273 e. The number of amides is 1. The van der Waals surface area contributed by atoms with E-state index in [1.807, 2.05) is 6.07 Å². The Bertz CT molecular complexity index is 363. The molecule has 0 saturated heterocycles. The van der Waals surface area contributed by atoms with Crippen LogP contribution < -0.4 is 11.1 Å². The minimum absolute atomic E-state index is 0.0321. The van der Waals surface area contributed by atoms with Gasteiger partial charge in [0.25, 0.3) is 5.91 Å². The summed E-state index contributed by atoms with van der Waals surface area (Å²) in [6, 6.07) is 8.83. The number of benzene rings is 1. The summed E-state index contributed by atoms with van der Waals surface area (Å²) < 4.78 is 0. The molecule has 1 aromatic rings. The van der Waals surface area contributed by atoms with Gasteiger partial charge >= 0.3 is 0 Å². The zero-order chi connectivity index (χ0) is 11.8. The Labute approximate surface area is 94.0 Å². The third-order valence-corrected chi connectivity index (χ3v) is 2.07. The second kappa shape index (κ2) is 6.58. The summed E-state index contributed by atoms with van der Waals surface area (Å²) in [5.41, 5.74) is 4.30. The fraction of sp³-hybridized carbons (Fsp3) is 0.273. The molecule has 0 aliphatic rings. The Morgan fingerprint density at radius 2 is 2.06 bits per heavy atom. The van der Waals surface area contributed by atoms with Crippen LogP contribution >= 0.6 is 0 Å². The predicted molar refractivity (Wildman–Crippen MR) is 60.1 cm³/mol. The molecule has 16 heavy (non-hydrogen) atoms. The zero-order valence-corrected chi connectivity index (χ0v) is 9.02. The fourth-order valence-corrected chi connectivity index (χ4v) is 1.24. The molecule has 1 aromatic carbocycles. The summed E-state index contributed by atoms with van der Waals surface area (Å²) in [4.78, 5) is 11.6. The number of rotatable bonds is 5. The lowest BCUT2D eigenvalue weighted by molar-refractivity contribution is -0.367. The average molecular weight is 222 g/mol. The topological polar surface area (TPSA) is 89.3 Å². The monoisotopic (exact) mass is 222 g/mol. The van der Waals surface area contributed by atoms with Gasteiger partial charge in [0.15, 0.2) is 5.71 Å². The van der Waals surface area contributed by atoms with E-state index in [2.05, 4.69) is 16.2 Å². The van der Waals surface area contributed by atoms with E-state index in [0.29, 0.717) is 12.1 Å². The van der Waals surface area contributed by atoms with E-state index >= 15 is 0 Å². The Hall–Kier alpha value is -1.88. The van der Waals surface area contributed by atoms with E-state index in [9.17, 15) is 4.79 Å². The van der Waals surface area contributed by atoms with Gasteiger partial charge in [0.05, 0.1) is 6.54 Å². The van der Waals surface area contributed by atoms with E-state index in [4.69, 9.17) is 5.21 Å². The molecular weight excluding hydrogens is 206 g/mol. The molecule has 0 heterocycles. The van der Waals surface area contributed by atoms with E-state index in [1.54, 1.807) is 24.3 Å². The van der Waals surface area contributed by atoms with Crippen LogP contribution in [0.25, 0.3) is 0 Å². The zero-order valence-electron chi connectivity index (χ0n) is 9.02. The van der Waals surface area contributed by atoms with Crippen LogP contribution in [0.15, 0.2) is 35.5 Å². The van der Waals surface area contributed by atoms with Crippen molar-refractivity contribution < 1.29 is 15.7 Å². The molecule has 1 amide bonds.